The number of aromatic nitrogens is 4. The maximum Gasteiger partial charge on any atom is 0.160 e. The zero-order valence-corrected chi connectivity index (χ0v) is 13.2. The summed E-state index contributed by atoms with van der Waals surface area (Å²) in [6.07, 6.45) is 9.51. The molecule has 3 aromatic rings. The molecule has 4 heterocycles. The van der Waals surface area contributed by atoms with Crippen LogP contribution in [0.5, 0.6) is 0 Å². The summed E-state index contributed by atoms with van der Waals surface area (Å²) in [6.45, 7) is 4.39. The van der Waals surface area contributed by atoms with E-state index in [-0.39, 0.29) is 0 Å². The molecule has 0 aromatic carbocycles. The molecule has 4 rings (SSSR count). The Balaban J connectivity index is 1.68. The summed E-state index contributed by atoms with van der Waals surface area (Å²) in [5.74, 6) is 0.962. The van der Waals surface area contributed by atoms with Gasteiger partial charge in [0.15, 0.2) is 5.65 Å². The van der Waals surface area contributed by atoms with Crippen LogP contribution in [0.1, 0.15) is 19.3 Å². The lowest BCUT2D eigenvalue weighted by Gasteiger charge is -2.26. The van der Waals surface area contributed by atoms with Gasteiger partial charge in [0.25, 0.3) is 0 Å². The van der Waals surface area contributed by atoms with Crippen molar-refractivity contribution in [2.45, 2.75) is 25.8 Å². The van der Waals surface area contributed by atoms with Crippen LogP contribution < -0.4 is 0 Å². The van der Waals surface area contributed by atoms with Gasteiger partial charge < -0.3 is 9.47 Å². The normalized spacial score (nSPS) is 16.0. The molecule has 0 amide bonds. The van der Waals surface area contributed by atoms with Gasteiger partial charge >= 0.3 is 0 Å². The van der Waals surface area contributed by atoms with Gasteiger partial charge in [-0.3, -0.25) is 4.98 Å². The molecule has 0 N–H and O–H groups in total. The fraction of sp³-hybridized carbons (Fsp3) is 0.389. The molecule has 1 saturated heterocycles. The molecule has 0 aliphatic carbocycles. The molecular weight excluding hydrogens is 286 g/mol. The molecule has 0 spiro atoms. The number of likely N-dealkylation sites (tertiary alicyclic amines) is 1. The number of pyridine rings is 2. The number of rotatable bonds is 4. The van der Waals surface area contributed by atoms with E-state index in [1.165, 1.54) is 32.4 Å². The highest BCUT2D eigenvalue weighted by atomic mass is 15.2. The molecular formula is C18H21N5. The molecule has 1 fully saturated rings. The van der Waals surface area contributed by atoms with Gasteiger partial charge in [0.1, 0.15) is 11.3 Å². The number of hydrogen-bond acceptors (Lipinski definition) is 4. The molecule has 5 heteroatoms. The average Bonchev–Trinajstić information content (AvgIpc) is 3.00. The van der Waals surface area contributed by atoms with Gasteiger partial charge in [0, 0.05) is 37.2 Å². The van der Waals surface area contributed by atoms with E-state index in [4.69, 9.17) is 4.98 Å². The summed E-state index contributed by atoms with van der Waals surface area (Å²) >= 11 is 0. The summed E-state index contributed by atoms with van der Waals surface area (Å²) in [4.78, 5) is 16.1. The van der Waals surface area contributed by atoms with Crippen molar-refractivity contribution in [3.63, 3.8) is 0 Å². The Hall–Kier alpha value is -2.27. The predicted octanol–water partition coefficient (Wildman–Crippen LogP) is 2.98. The van der Waals surface area contributed by atoms with E-state index in [9.17, 15) is 0 Å². The monoisotopic (exact) mass is 307 g/mol. The minimum atomic E-state index is 0.914. The van der Waals surface area contributed by atoms with E-state index in [1.54, 1.807) is 6.20 Å². The summed E-state index contributed by atoms with van der Waals surface area (Å²) in [5, 5.41) is 0. The van der Waals surface area contributed by atoms with E-state index in [0.29, 0.717) is 0 Å². The minimum absolute atomic E-state index is 0.914. The first kappa shape index (κ1) is 14.3. The first-order chi connectivity index (χ1) is 11.4. The summed E-state index contributed by atoms with van der Waals surface area (Å²) in [7, 11) is 0. The van der Waals surface area contributed by atoms with Crippen molar-refractivity contribution in [2.75, 3.05) is 19.6 Å². The van der Waals surface area contributed by atoms with Gasteiger partial charge in [0.2, 0.25) is 0 Å². The number of imidazole rings is 1. The van der Waals surface area contributed by atoms with Crippen LogP contribution in [0.25, 0.3) is 22.6 Å². The number of fused-ring (bicyclic) bond motifs is 1. The zero-order valence-electron chi connectivity index (χ0n) is 13.2. The van der Waals surface area contributed by atoms with Gasteiger partial charge in [-0.1, -0.05) is 6.42 Å². The Kier molecular flexibility index (Phi) is 4.03. The molecule has 23 heavy (non-hydrogen) atoms. The van der Waals surface area contributed by atoms with Crippen molar-refractivity contribution in [3.8, 4) is 11.4 Å². The average molecular weight is 307 g/mol. The molecule has 1 aliphatic rings. The lowest BCUT2D eigenvalue weighted by molar-refractivity contribution is 0.222. The molecule has 0 radical (unpaired) electrons. The van der Waals surface area contributed by atoms with Crippen molar-refractivity contribution in [3.05, 3.63) is 42.9 Å². The Labute approximate surface area is 136 Å². The van der Waals surface area contributed by atoms with E-state index in [2.05, 4.69) is 25.5 Å². The first-order valence-corrected chi connectivity index (χ1v) is 8.36. The molecule has 118 valence electrons. The quantitative estimate of drug-likeness (QED) is 0.743. The number of nitrogens with zero attached hydrogens (tertiary/aromatic N) is 5. The van der Waals surface area contributed by atoms with Crippen LogP contribution in [-0.4, -0.2) is 44.1 Å². The van der Waals surface area contributed by atoms with Gasteiger partial charge in [-0.25, -0.2) is 9.97 Å². The smallest absolute Gasteiger partial charge is 0.160 e. The highest BCUT2D eigenvalue weighted by Gasteiger charge is 2.15. The largest absolute Gasteiger partial charge is 0.307 e. The van der Waals surface area contributed by atoms with E-state index >= 15 is 0 Å². The first-order valence-electron chi connectivity index (χ1n) is 8.36. The molecule has 0 bridgehead atoms. The highest BCUT2D eigenvalue weighted by molar-refractivity contribution is 5.76. The van der Waals surface area contributed by atoms with E-state index < -0.39 is 0 Å². The predicted molar refractivity (Wildman–Crippen MR) is 91.1 cm³/mol. The lowest BCUT2D eigenvalue weighted by atomic mass is 10.1. The third-order valence-corrected chi connectivity index (χ3v) is 4.51. The highest BCUT2D eigenvalue weighted by Crippen LogP contribution is 2.23. The third kappa shape index (κ3) is 2.97. The zero-order chi connectivity index (χ0) is 15.5. The van der Waals surface area contributed by atoms with Crippen LogP contribution in [0.15, 0.2) is 42.9 Å². The number of piperidine rings is 1. The molecule has 1 aliphatic heterocycles. The molecule has 0 saturated carbocycles. The van der Waals surface area contributed by atoms with Crippen LogP contribution in [0.2, 0.25) is 0 Å². The van der Waals surface area contributed by atoms with Crippen LogP contribution in [0.3, 0.4) is 0 Å². The minimum Gasteiger partial charge on any atom is -0.307 e. The second-order valence-electron chi connectivity index (χ2n) is 6.08. The maximum atomic E-state index is 4.79. The molecule has 0 unspecified atom stereocenters. The van der Waals surface area contributed by atoms with Crippen LogP contribution >= 0.6 is 0 Å². The van der Waals surface area contributed by atoms with Crippen molar-refractivity contribution >= 4 is 11.2 Å². The van der Waals surface area contributed by atoms with Gasteiger partial charge in [-0.05, 0) is 50.2 Å². The van der Waals surface area contributed by atoms with Crippen LogP contribution in [-0.2, 0) is 6.54 Å². The maximum absolute atomic E-state index is 4.79. The SMILES string of the molecule is c1cncc(-c2nc3cccnc3n2CCN2CCCCC2)c1. The van der Waals surface area contributed by atoms with Crippen molar-refractivity contribution < 1.29 is 0 Å². The van der Waals surface area contributed by atoms with Gasteiger partial charge in [0.05, 0.1) is 0 Å². The second-order valence-corrected chi connectivity index (χ2v) is 6.08. The topological polar surface area (TPSA) is 46.8 Å². The van der Waals surface area contributed by atoms with Crippen molar-refractivity contribution in [1.29, 1.82) is 0 Å². The van der Waals surface area contributed by atoms with Crippen molar-refractivity contribution in [2.24, 2.45) is 0 Å². The Morgan fingerprint density at radius 2 is 1.83 bits per heavy atom. The summed E-state index contributed by atoms with van der Waals surface area (Å²) in [5.41, 5.74) is 2.96. The van der Waals surface area contributed by atoms with Crippen LogP contribution in [0.4, 0.5) is 0 Å². The van der Waals surface area contributed by atoms with Gasteiger partial charge in [-0.15, -0.1) is 0 Å². The summed E-state index contributed by atoms with van der Waals surface area (Å²) < 4.78 is 2.24. The fourth-order valence-corrected chi connectivity index (χ4v) is 3.31. The lowest BCUT2D eigenvalue weighted by Crippen LogP contribution is -2.32. The van der Waals surface area contributed by atoms with Gasteiger partial charge in [-0.2, -0.15) is 0 Å². The standard InChI is InChI=1S/C18H21N5/c1-2-10-22(11-3-1)12-13-23-17(15-6-4-8-19-14-15)21-16-7-5-9-20-18(16)23/h4-9,14H,1-3,10-13H2. The Morgan fingerprint density at radius 1 is 0.957 bits per heavy atom. The Morgan fingerprint density at radius 3 is 2.65 bits per heavy atom. The van der Waals surface area contributed by atoms with E-state index in [1.807, 2.05) is 30.6 Å². The van der Waals surface area contributed by atoms with Crippen LogP contribution in [0, 0.1) is 0 Å². The van der Waals surface area contributed by atoms with Crippen molar-refractivity contribution in [1.82, 2.24) is 24.4 Å². The Bertz CT molecular complexity index is 774. The molecule has 3 aromatic heterocycles. The van der Waals surface area contributed by atoms with E-state index in [0.717, 1.165) is 35.6 Å². The second kappa shape index (κ2) is 6.46. The summed E-state index contributed by atoms with van der Waals surface area (Å²) in [6, 6.07) is 7.99. The number of hydrogen-bond donors (Lipinski definition) is 0. The molecule has 5 nitrogen and oxygen atoms in total. The molecule has 0 atom stereocenters. The fourth-order valence-electron chi connectivity index (χ4n) is 3.31. The third-order valence-electron chi connectivity index (χ3n) is 4.51.